The Morgan fingerprint density at radius 2 is 1.90 bits per heavy atom. The first-order valence-electron chi connectivity index (χ1n) is 9.80. The molecular weight excluding hydrogens is 386 g/mol. The molecule has 1 amide bonds. The topological polar surface area (TPSA) is 46.6 Å². The Hall–Kier alpha value is -2.59. The lowest BCUT2D eigenvalue weighted by Crippen LogP contribution is -2.38. The minimum atomic E-state index is -0.384. The number of carbonyl (C=O) groups excluding carboxylic acids is 2. The SMILES string of the molecule is CC1=C(C(=O)OC(C)C)[C@H](c2cccc(Cl)c2)CC(=O)N1Cc1ccccc1C. The number of amides is 1. The molecule has 2 aromatic carbocycles. The molecule has 0 aromatic heterocycles. The van der Waals surface area contributed by atoms with Gasteiger partial charge in [-0.05, 0) is 56.5 Å². The molecule has 0 spiro atoms. The van der Waals surface area contributed by atoms with Gasteiger partial charge < -0.3 is 9.64 Å². The molecule has 29 heavy (non-hydrogen) atoms. The molecule has 0 unspecified atom stereocenters. The summed E-state index contributed by atoms with van der Waals surface area (Å²) in [7, 11) is 0. The van der Waals surface area contributed by atoms with Crippen LogP contribution in [0.1, 0.15) is 49.8 Å². The van der Waals surface area contributed by atoms with Crippen LogP contribution < -0.4 is 0 Å². The van der Waals surface area contributed by atoms with Gasteiger partial charge in [-0.25, -0.2) is 4.79 Å². The smallest absolute Gasteiger partial charge is 0.336 e. The van der Waals surface area contributed by atoms with E-state index in [2.05, 4.69) is 0 Å². The number of allylic oxidation sites excluding steroid dienone is 1. The van der Waals surface area contributed by atoms with Gasteiger partial charge in [-0.1, -0.05) is 48.0 Å². The second kappa shape index (κ2) is 8.83. The highest BCUT2D eigenvalue weighted by atomic mass is 35.5. The van der Waals surface area contributed by atoms with E-state index in [4.69, 9.17) is 16.3 Å². The first-order chi connectivity index (χ1) is 13.8. The number of nitrogens with zero attached hydrogens (tertiary/aromatic N) is 1. The van der Waals surface area contributed by atoms with Crippen molar-refractivity contribution in [3.05, 3.63) is 81.5 Å². The van der Waals surface area contributed by atoms with Gasteiger partial charge in [0.15, 0.2) is 0 Å². The average Bonchev–Trinajstić information content (AvgIpc) is 2.65. The molecule has 1 atom stereocenters. The van der Waals surface area contributed by atoms with E-state index in [9.17, 15) is 9.59 Å². The molecule has 0 radical (unpaired) electrons. The maximum Gasteiger partial charge on any atom is 0.336 e. The van der Waals surface area contributed by atoms with Gasteiger partial charge in [-0.2, -0.15) is 0 Å². The van der Waals surface area contributed by atoms with Crippen LogP contribution in [0.4, 0.5) is 0 Å². The van der Waals surface area contributed by atoms with Crippen LogP contribution in [-0.4, -0.2) is 22.9 Å². The van der Waals surface area contributed by atoms with E-state index < -0.39 is 0 Å². The molecule has 0 saturated carbocycles. The van der Waals surface area contributed by atoms with Crippen LogP contribution in [0.2, 0.25) is 5.02 Å². The van der Waals surface area contributed by atoms with Crippen LogP contribution in [0, 0.1) is 6.92 Å². The van der Waals surface area contributed by atoms with Gasteiger partial charge in [-0.15, -0.1) is 0 Å². The largest absolute Gasteiger partial charge is 0.460 e. The fourth-order valence-electron chi connectivity index (χ4n) is 3.71. The molecular formula is C24H26ClNO3. The Labute approximate surface area is 177 Å². The van der Waals surface area contributed by atoms with Gasteiger partial charge in [0, 0.05) is 23.1 Å². The number of hydrogen-bond donors (Lipinski definition) is 0. The fourth-order valence-corrected chi connectivity index (χ4v) is 3.91. The highest BCUT2D eigenvalue weighted by molar-refractivity contribution is 6.30. The highest BCUT2D eigenvalue weighted by Crippen LogP contribution is 2.38. The summed E-state index contributed by atoms with van der Waals surface area (Å²) in [6.07, 6.45) is -0.0446. The standard InChI is InChI=1S/C24H26ClNO3/c1-15(2)29-24(28)23-17(4)26(14-19-9-6-5-8-16(19)3)22(27)13-21(23)18-10-7-11-20(25)12-18/h5-12,15,21H,13-14H2,1-4H3/t21-/m0/s1. The van der Waals surface area contributed by atoms with E-state index in [1.165, 1.54) is 0 Å². The summed E-state index contributed by atoms with van der Waals surface area (Å²) in [6, 6.07) is 15.3. The third kappa shape index (κ3) is 4.70. The molecule has 1 heterocycles. The number of esters is 1. The van der Waals surface area contributed by atoms with Crippen molar-refractivity contribution in [2.45, 2.75) is 52.7 Å². The van der Waals surface area contributed by atoms with E-state index in [1.807, 2.05) is 70.2 Å². The van der Waals surface area contributed by atoms with Crippen molar-refractivity contribution < 1.29 is 14.3 Å². The minimum Gasteiger partial charge on any atom is -0.460 e. The Bertz CT molecular complexity index is 964. The van der Waals surface area contributed by atoms with Crippen molar-refractivity contribution in [2.24, 2.45) is 0 Å². The monoisotopic (exact) mass is 411 g/mol. The normalized spacial score (nSPS) is 17.1. The Morgan fingerprint density at radius 1 is 1.17 bits per heavy atom. The van der Waals surface area contributed by atoms with E-state index in [0.717, 1.165) is 16.7 Å². The number of halogens is 1. The second-order valence-electron chi connectivity index (χ2n) is 7.67. The van der Waals surface area contributed by atoms with Gasteiger partial charge in [0.1, 0.15) is 0 Å². The quantitative estimate of drug-likeness (QED) is 0.619. The summed E-state index contributed by atoms with van der Waals surface area (Å²) < 4.78 is 5.53. The lowest BCUT2D eigenvalue weighted by atomic mass is 9.83. The van der Waals surface area contributed by atoms with Gasteiger partial charge >= 0.3 is 5.97 Å². The summed E-state index contributed by atoms with van der Waals surface area (Å²) in [5.74, 6) is -0.776. The van der Waals surface area contributed by atoms with E-state index >= 15 is 0 Å². The highest BCUT2D eigenvalue weighted by Gasteiger charge is 2.37. The van der Waals surface area contributed by atoms with E-state index in [0.29, 0.717) is 22.8 Å². The summed E-state index contributed by atoms with van der Waals surface area (Å²) in [5.41, 5.74) is 4.17. The minimum absolute atomic E-state index is 0.0168. The predicted octanol–water partition coefficient (Wildman–Crippen LogP) is 5.39. The van der Waals surface area contributed by atoms with Crippen molar-refractivity contribution >= 4 is 23.5 Å². The predicted molar refractivity (Wildman–Crippen MR) is 114 cm³/mol. The summed E-state index contributed by atoms with van der Waals surface area (Å²) in [4.78, 5) is 27.8. The zero-order valence-electron chi connectivity index (χ0n) is 17.2. The lowest BCUT2D eigenvalue weighted by molar-refractivity contribution is -0.143. The molecule has 3 rings (SSSR count). The Kier molecular flexibility index (Phi) is 6.43. The van der Waals surface area contributed by atoms with Crippen molar-refractivity contribution in [2.75, 3.05) is 0 Å². The molecule has 0 N–H and O–H groups in total. The number of rotatable bonds is 5. The van der Waals surface area contributed by atoms with Crippen LogP contribution in [0.3, 0.4) is 0 Å². The first kappa shape index (κ1) is 21.1. The molecule has 0 fully saturated rings. The molecule has 4 nitrogen and oxygen atoms in total. The van der Waals surface area contributed by atoms with Gasteiger partial charge in [0.2, 0.25) is 5.91 Å². The zero-order valence-corrected chi connectivity index (χ0v) is 18.0. The maximum absolute atomic E-state index is 13.1. The number of hydrogen-bond acceptors (Lipinski definition) is 3. The molecule has 0 saturated heterocycles. The van der Waals surface area contributed by atoms with Gasteiger partial charge in [0.25, 0.3) is 0 Å². The van der Waals surface area contributed by atoms with Gasteiger partial charge in [-0.3, -0.25) is 4.79 Å². The number of aryl methyl sites for hydroxylation is 1. The van der Waals surface area contributed by atoms with E-state index in [-0.39, 0.29) is 30.3 Å². The van der Waals surface area contributed by atoms with Gasteiger partial charge in [0.05, 0.1) is 18.2 Å². The van der Waals surface area contributed by atoms with Crippen LogP contribution in [0.25, 0.3) is 0 Å². The van der Waals surface area contributed by atoms with Crippen LogP contribution in [-0.2, 0) is 20.9 Å². The van der Waals surface area contributed by atoms with Crippen LogP contribution in [0.5, 0.6) is 0 Å². The number of benzene rings is 2. The van der Waals surface area contributed by atoms with Crippen molar-refractivity contribution in [3.63, 3.8) is 0 Å². The molecule has 1 aliphatic heterocycles. The summed E-state index contributed by atoms with van der Waals surface area (Å²) in [6.45, 7) is 7.91. The maximum atomic E-state index is 13.1. The van der Waals surface area contributed by atoms with Crippen LogP contribution >= 0.6 is 11.6 Å². The van der Waals surface area contributed by atoms with Crippen molar-refractivity contribution in [3.8, 4) is 0 Å². The van der Waals surface area contributed by atoms with Crippen LogP contribution in [0.15, 0.2) is 59.8 Å². The molecule has 2 aromatic rings. The second-order valence-corrected chi connectivity index (χ2v) is 8.11. The molecule has 1 aliphatic rings. The molecule has 0 aliphatic carbocycles. The third-order valence-corrected chi connectivity index (χ3v) is 5.46. The molecule has 152 valence electrons. The van der Waals surface area contributed by atoms with Crippen molar-refractivity contribution in [1.82, 2.24) is 4.90 Å². The average molecular weight is 412 g/mol. The Balaban J connectivity index is 2.06. The molecule has 0 bridgehead atoms. The fraction of sp³-hybridized carbons (Fsp3) is 0.333. The lowest BCUT2D eigenvalue weighted by Gasteiger charge is -2.35. The third-order valence-electron chi connectivity index (χ3n) is 5.23. The van der Waals surface area contributed by atoms with Crippen molar-refractivity contribution in [1.29, 1.82) is 0 Å². The molecule has 5 heteroatoms. The van der Waals surface area contributed by atoms with E-state index in [1.54, 1.807) is 11.0 Å². The summed E-state index contributed by atoms with van der Waals surface area (Å²) >= 11 is 6.17. The summed E-state index contributed by atoms with van der Waals surface area (Å²) in [5, 5.41) is 0.575. The first-order valence-corrected chi connectivity index (χ1v) is 10.2. The zero-order chi connectivity index (χ0) is 21.1. The Morgan fingerprint density at radius 3 is 2.55 bits per heavy atom. The number of ether oxygens (including phenoxy) is 1. The number of carbonyl (C=O) groups is 2.